The van der Waals surface area contributed by atoms with E-state index in [0.29, 0.717) is 12.2 Å². The topological polar surface area (TPSA) is 55.8 Å². The minimum atomic E-state index is -0.164. The van der Waals surface area contributed by atoms with Crippen LogP contribution in [-0.4, -0.2) is 48.6 Å². The lowest BCUT2D eigenvalue weighted by molar-refractivity contribution is -0.123. The van der Waals surface area contributed by atoms with Crippen molar-refractivity contribution in [3.63, 3.8) is 0 Å². The van der Waals surface area contributed by atoms with Gasteiger partial charge in [0.2, 0.25) is 5.91 Å². The van der Waals surface area contributed by atoms with E-state index in [0.717, 1.165) is 61.0 Å². The fourth-order valence-electron chi connectivity index (χ4n) is 5.20. The van der Waals surface area contributed by atoms with Gasteiger partial charge in [0.15, 0.2) is 0 Å². The van der Waals surface area contributed by atoms with Gasteiger partial charge in [0.1, 0.15) is 5.75 Å². The highest BCUT2D eigenvalue weighted by atomic mass is 35.5. The molecule has 4 rings (SSSR count). The summed E-state index contributed by atoms with van der Waals surface area (Å²) in [4.78, 5) is 17.6. The van der Waals surface area contributed by atoms with E-state index in [4.69, 9.17) is 11.6 Å². The number of nitrogens with one attached hydrogen (secondary N) is 1. The highest BCUT2D eigenvalue weighted by Gasteiger charge is 2.42. The van der Waals surface area contributed by atoms with Gasteiger partial charge in [-0.2, -0.15) is 0 Å². The molecule has 2 N–H and O–H groups in total. The SMILES string of the molecule is Cc1cc(C)c2c(c1O)C(NC(=O)CCN1CCN(c3cccc(Cl)c3)CC1)C(C)(C)C2. The summed E-state index contributed by atoms with van der Waals surface area (Å²) in [6.45, 7) is 12.8. The molecule has 32 heavy (non-hydrogen) atoms. The first-order valence-corrected chi connectivity index (χ1v) is 11.9. The summed E-state index contributed by atoms with van der Waals surface area (Å²) in [7, 11) is 0. The van der Waals surface area contributed by atoms with Crippen LogP contribution in [0, 0.1) is 19.3 Å². The molecule has 2 aromatic rings. The van der Waals surface area contributed by atoms with Gasteiger partial charge in [-0.25, -0.2) is 0 Å². The predicted octanol–water partition coefficient (Wildman–Crippen LogP) is 4.61. The largest absolute Gasteiger partial charge is 0.507 e. The van der Waals surface area contributed by atoms with Crippen LogP contribution < -0.4 is 10.2 Å². The van der Waals surface area contributed by atoms with E-state index in [1.807, 2.05) is 31.2 Å². The zero-order valence-electron chi connectivity index (χ0n) is 19.5. The van der Waals surface area contributed by atoms with Crippen molar-refractivity contribution in [3.05, 3.63) is 57.6 Å². The predicted molar refractivity (Wildman–Crippen MR) is 131 cm³/mol. The van der Waals surface area contributed by atoms with Crippen molar-refractivity contribution in [2.45, 2.75) is 46.6 Å². The third kappa shape index (κ3) is 4.60. The monoisotopic (exact) mass is 455 g/mol. The number of aryl methyl sites for hydroxylation is 2. The Morgan fingerprint density at radius 3 is 2.56 bits per heavy atom. The lowest BCUT2D eigenvalue weighted by atomic mass is 9.85. The van der Waals surface area contributed by atoms with Gasteiger partial charge in [0.25, 0.3) is 0 Å². The van der Waals surface area contributed by atoms with Gasteiger partial charge >= 0.3 is 0 Å². The van der Waals surface area contributed by atoms with Gasteiger partial charge in [-0.15, -0.1) is 0 Å². The molecule has 2 aliphatic rings. The number of hydrogen-bond donors (Lipinski definition) is 2. The number of phenolic OH excluding ortho intramolecular Hbond substituents is 1. The van der Waals surface area contributed by atoms with Crippen molar-refractivity contribution in [3.8, 4) is 5.75 Å². The maximum Gasteiger partial charge on any atom is 0.221 e. The highest BCUT2D eigenvalue weighted by Crippen LogP contribution is 2.50. The van der Waals surface area contributed by atoms with Crippen molar-refractivity contribution >= 4 is 23.2 Å². The quantitative estimate of drug-likeness (QED) is 0.691. The van der Waals surface area contributed by atoms with Gasteiger partial charge in [-0.1, -0.05) is 37.6 Å². The summed E-state index contributed by atoms with van der Waals surface area (Å²) < 4.78 is 0. The molecular formula is C26H34ClN3O2. The number of carbonyl (C=O) groups is 1. The molecule has 1 unspecified atom stereocenters. The number of halogens is 1. The molecule has 1 aliphatic heterocycles. The number of hydrogen-bond acceptors (Lipinski definition) is 4. The van der Waals surface area contributed by atoms with E-state index >= 15 is 0 Å². The first-order chi connectivity index (χ1) is 15.2. The molecule has 5 nitrogen and oxygen atoms in total. The van der Waals surface area contributed by atoms with Gasteiger partial charge in [-0.3, -0.25) is 9.69 Å². The summed E-state index contributed by atoms with van der Waals surface area (Å²) in [5.41, 5.74) is 5.18. The molecule has 1 fully saturated rings. The number of amides is 1. The average molecular weight is 456 g/mol. The summed E-state index contributed by atoms with van der Waals surface area (Å²) >= 11 is 6.13. The molecule has 0 aromatic heterocycles. The molecule has 1 saturated heterocycles. The Hall–Kier alpha value is -2.24. The smallest absolute Gasteiger partial charge is 0.221 e. The molecule has 1 atom stereocenters. The standard InChI is InChI=1S/C26H34ClN3O2/c1-17-14-18(2)24(32)23-21(17)16-26(3,4)25(23)28-22(31)8-9-29-10-12-30(13-11-29)20-7-5-6-19(27)15-20/h5-7,14-15,25,32H,8-13,16H2,1-4H3,(H,28,31). The molecular weight excluding hydrogens is 422 g/mol. The second-order valence-corrected chi connectivity index (χ2v) is 10.4. The molecule has 0 radical (unpaired) electrons. The summed E-state index contributed by atoms with van der Waals surface area (Å²) in [6, 6.07) is 9.85. The van der Waals surface area contributed by atoms with E-state index in [1.165, 1.54) is 11.1 Å². The Kier molecular flexibility index (Phi) is 6.42. The minimum Gasteiger partial charge on any atom is -0.507 e. The Morgan fingerprint density at radius 2 is 1.88 bits per heavy atom. The second kappa shape index (κ2) is 8.95. The van der Waals surface area contributed by atoms with Gasteiger partial charge < -0.3 is 15.3 Å². The molecule has 0 spiro atoms. The van der Waals surface area contributed by atoms with Crippen LogP contribution in [0.4, 0.5) is 5.69 Å². The van der Waals surface area contributed by atoms with E-state index in [1.54, 1.807) is 0 Å². The van der Waals surface area contributed by atoms with E-state index in [2.05, 4.69) is 42.0 Å². The number of rotatable bonds is 5. The van der Waals surface area contributed by atoms with Crippen LogP contribution in [0.25, 0.3) is 0 Å². The fourth-order valence-corrected chi connectivity index (χ4v) is 5.39. The molecule has 0 saturated carbocycles. The number of aromatic hydroxyl groups is 1. The third-order valence-corrected chi connectivity index (χ3v) is 7.31. The lowest BCUT2D eigenvalue weighted by Gasteiger charge is -2.36. The Morgan fingerprint density at radius 1 is 1.16 bits per heavy atom. The number of phenols is 1. The Labute approximate surface area is 196 Å². The first-order valence-electron chi connectivity index (χ1n) is 11.5. The van der Waals surface area contributed by atoms with Crippen LogP contribution in [0.15, 0.2) is 30.3 Å². The summed E-state index contributed by atoms with van der Waals surface area (Å²) in [5, 5.41) is 14.8. The van der Waals surface area contributed by atoms with Crippen LogP contribution in [0.2, 0.25) is 5.02 Å². The van der Waals surface area contributed by atoms with E-state index < -0.39 is 0 Å². The number of anilines is 1. The fraction of sp³-hybridized carbons (Fsp3) is 0.500. The van der Waals surface area contributed by atoms with Crippen molar-refractivity contribution < 1.29 is 9.90 Å². The Balaban J connectivity index is 1.33. The van der Waals surface area contributed by atoms with Crippen molar-refractivity contribution in [2.24, 2.45) is 5.41 Å². The molecule has 172 valence electrons. The first kappa shape index (κ1) is 22.9. The van der Waals surface area contributed by atoms with Crippen LogP contribution >= 0.6 is 11.6 Å². The zero-order valence-corrected chi connectivity index (χ0v) is 20.3. The summed E-state index contributed by atoms with van der Waals surface area (Å²) in [5.74, 6) is 0.380. The normalized spacial score (nSPS) is 20.3. The molecule has 6 heteroatoms. The molecule has 2 aromatic carbocycles. The van der Waals surface area contributed by atoms with E-state index in [-0.39, 0.29) is 17.4 Å². The number of nitrogens with zero attached hydrogens (tertiary/aromatic N) is 2. The summed E-state index contributed by atoms with van der Waals surface area (Å²) in [6.07, 6.45) is 1.32. The molecule has 0 bridgehead atoms. The maximum atomic E-state index is 12.9. The van der Waals surface area contributed by atoms with Crippen LogP contribution in [0.5, 0.6) is 5.75 Å². The lowest BCUT2D eigenvalue weighted by Crippen LogP contribution is -2.47. The maximum absolute atomic E-state index is 12.9. The number of benzene rings is 2. The number of carbonyl (C=O) groups excluding carboxylic acids is 1. The zero-order chi connectivity index (χ0) is 23.0. The van der Waals surface area contributed by atoms with Crippen molar-refractivity contribution in [1.82, 2.24) is 10.2 Å². The van der Waals surface area contributed by atoms with Crippen LogP contribution in [-0.2, 0) is 11.2 Å². The van der Waals surface area contributed by atoms with E-state index in [9.17, 15) is 9.90 Å². The number of piperazine rings is 1. The number of fused-ring (bicyclic) bond motifs is 1. The van der Waals surface area contributed by atoms with Gasteiger partial charge in [0, 0.05) is 55.4 Å². The van der Waals surface area contributed by atoms with Crippen LogP contribution in [0.1, 0.15) is 48.6 Å². The molecule has 1 heterocycles. The third-order valence-electron chi connectivity index (χ3n) is 7.07. The van der Waals surface area contributed by atoms with Crippen molar-refractivity contribution in [2.75, 3.05) is 37.6 Å². The molecule has 1 aliphatic carbocycles. The molecule has 1 amide bonds. The minimum absolute atomic E-state index is 0.0479. The van der Waals surface area contributed by atoms with Gasteiger partial charge in [0.05, 0.1) is 6.04 Å². The van der Waals surface area contributed by atoms with Crippen LogP contribution in [0.3, 0.4) is 0 Å². The van der Waals surface area contributed by atoms with Gasteiger partial charge in [-0.05, 0) is 60.6 Å². The highest BCUT2D eigenvalue weighted by molar-refractivity contribution is 6.30. The average Bonchev–Trinajstić information content (AvgIpc) is 3.02. The van der Waals surface area contributed by atoms with Crippen molar-refractivity contribution in [1.29, 1.82) is 0 Å². The Bertz CT molecular complexity index is 1010. The second-order valence-electron chi connectivity index (χ2n) is 9.98.